The van der Waals surface area contributed by atoms with Gasteiger partial charge >= 0.3 is 0 Å². The lowest BCUT2D eigenvalue weighted by Crippen LogP contribution is -2.49. The molecular formula is C24H22N4O3. The summed E-state index contributed by atoms with van der Waals surface area (Å²) in [6, 6.07) is 16.1. The molecule has 0 unspecified atom stereocenters. The van der Waals surface area contributed by atoms with Gasteiger partial charge in [-0.05, 0) is 48.7 Å². The van der Waals surface area contributed by atoms with E-state index in [1.54, 1.807) is 22.8 Å². The van der Waals surface area contributed by atoms with Crippen LogP contribution in [-0.2, 0) is 6.54 Å². The highest BCUT2D eigenvalue weighted by Crippen LogP contribution is 2.36. The SMILES string of the molecule is O=C(Nc1ccc2n(c1=O)C[C@@H]1C[C@@H]2CN(C(=O)c2ccccc2)C1)c1ccncc1. The van der Waals surface area contributed by atoms with E-state index in [4.69, 9.17) is 0 Å². The summed E-state index contributed by atoms with van der Waals surface area (Å²) in [5, 5.41) is 2.73. The Balaban J connectivity index is 1.39. The van der Waals surface area contributed by atoms with E-state index in [0.717, 1.165) is 12.1 Å². The molecule has 7 nitrogen and oxygen atoms in total. The quantitative estimate of drug-likeness (QED) is 0.714. The second-order valence-corrected chi connectivity index (χ2v) is 8.15. The summed E-state index contributed by atoms with van der Waals surface area (Å²) >= 11 is 0. The van der Waals surface area contributed by atoms with Gasteiger partial charge in [0, 0.05) is 54.8 Å². The minimum atomic E-state index is -0.337. The Labute approximate surface area is 179 Å². The van der Waals surface area contributed by atoms with Crippen molar-refractivity contribution in [1.29, 1.82) is 0 Å². The molecule has 1 aromatic carbocycles. The second kappa shape index (κ2) is 7.83. The van der Waals surface area contributed by atoms with Crippen LogP contribution >= 0.6 is 0 Å². The topological polar surface area (TPSA) is 84.3 Å². The number of nitrogens with one attached hydrogen (secondary N) is 1. The van der Waals surface area contributed by atoms with E-state index in [2.05, 4.69) is 10.3 Å². The molecule has 1 N–H and O–H groups in total. The lowest BCUT2D eigenvalue weighted by atomic mass is 9.83. The smallest absolute Gasteiger partial charge is 0.274 e. The number of carbonyl (C=O) groups is 2. The summed E-state index contributed by atoms with van der Waals surface area (Å²) in [5.41, 5.74) is 2.13. The maximum atomic E-state index is 13.1. The van der Waals surface area contributed by atoms with Gasteiger partial charge < -0.3 is 14.8 Å². The molecule has 4 heterocycles. The van der Waals surface area contributed by atoms with Crippen LogP contribution in [0.25, 0.3) is 0 Å². The van der Waals surface area contributed by atoms with Crippen LogP contribution in [0.4, 0.5) is 5.69 Å². The van der Waals surface area contributed by atoms with Gasteiger partial charge in [0.25, 0.3) is 17.4 Å². The zero-order valence-electron chi connectivity index (χ0n) is 16.9. The van der Waals surface area contributed by atoms with Crippen molar-refractivity contribution < 1.29 is 9.59 Å². The molecule has 2 amide bonds. The van der Waals surface area contributed by atoms with Crippen molar-refractivity contribution >= 4 is 17.5 Å². The highest BCUT2D eigenvalue weighted by Gasteiger charge is 2.37. The lowest BCUT2D eigenvalue weighted by Gasteiger charge is -2.43. The fourth-order valence-corrected chi connectivity index (χ4v) is 4.67. The maximum absolute atomic E-state index is 13.1. The number of rotatable bonds is 3. The monoisotopic (exact) mass is 414 g/mol. The van der Waals surface area contributed by atoms with Crippen LogP contribution in [0, 0.1) is 5.92 Å². The van der Waals surface area contributed by atoms with E-state index in [0.29, 0.717) is 30.8 Å². The Morgan fingerprint density at radius 3 is 2.45 bits per heavy atom. The third kappa shape index (κ3) is 3.63. The summed E-state index contributed by atoms with van der Waals surface area (Å²) in [5.74, 6) is 0.0172. The zero-order chi connectivity index (χ0) is 21.4. The number of pyridine rings is 2. The minimum absolute atomic E-state index is 0.0346. The number of fused-ring (bicyclic) bond motifs is 4. The molecule has 7 heteroatoms. The zero-order valence-corrected chi connectivity index (χ0v) is 16.9. The maximum Gasteiger partial charge on any atom is 0.274 e. The number of piperidine rings is 1. The predicted molar refractivity (Wildman–Crippen MR) is 116 cm³/mol. The van der Waals surface area contributed by atoms with Crippen molar-refractivity contribution in [1.82, 2.24) is 14.5 Å². The van der Waals surface area contributed by atoms with Gasteiger partial charge in [0.15, 0.2) is 0 Å². The van der Waals surface area contributed by atoms with Gasteiger partial charge in [0.1, 0.15) is 5.69 Å². The van der Waals surface area contributed by atoms with Crippen molar-refractivity contribution in [3.05, 3.63) is 94.2 Å². The molecule has 2 aliphatic heterocycles. The number of benzene rings is 1. The number of aromatic nitrogens is 2. The van der Waals surface area contributed by atoms with Crippen molar-refractivity contribution in [3.63, 3.8) is 0 Å². The van der Waals surface area contributed by atoms with Gasteiger partial charge in [-0.15, -0.1) is 0 Å². The van der Waals surface area contributed by atoms with E-state index in [1.165, 1.54) is 12.4 Å². The molecule has 1 fully saturated rings. The molecule has 31 heavy (non-hydrogen) atoms. The van der Waals surface area contributed by atoms with Gasteiger partial charge in [-0.3, -0.25) is 19.4 Å². The first-order chi connectivity index (χ1) is 15.1. The number of likely N-dealkylation sites (tertiary alicyclic amines) is 1. The van der Waals surface area contributed by atoms with Gasteiger partial charge in [-0.2, -0.15) is 0 Å². The van der Waals surface area contributed by atoms with Crippen LogP contribution in [-0.4, -0.2) is 39.4 Å². The van der Waals surface area contributed by atoms with Crippen LogP contribution < -0.4 is 10.9 Å². The molecule has 0 spiro atoms. The Hall–Kier alpha value is -3.74. The average molecular weight is 414 g/mol. The first-order valence-electron chi connectivity index (χ1n) is 10.4. The molecule has 1 saturated heterocycles. The van der Waals surface area contributed by atoms with E-state index in [9.17, 15) is 14.4 Å². The molecule has 2 atom stereocenters. The van der Waals surface area contributed by atoms with E-state index in [1.807, 2.05) is 41.3 Å². The van der Waals surface area contributed by atoms with E-state index >= 15 is 0 Å². The van der Waals surface area contributed by atoms with Crippen LogP contribution in [0.3, 0.4) is 0 Å². The molecule has 0 aliphatic carbocycles. The summed E-state index contributed by atoms with van der Waals surface area (Å²) < 4.78 is 1.77. The molecule has 0 saturated carbocycles. The third-order valence-electron chi connectivity index (χ3n) is 6.10. The Bertz CT molecular complexity index is 1190. The van der Waals surface area contributed by atoms with E-state index < -0.39 is 0 Å². The van der Waals surface area contributed by atoms with Crippen molar-refractivity contribution in [2.45, 2.75) is 18.9 Å². The Morgan fingerprint density at radius 2 is 1.68 bits per heavy atom. The minimum Gasteiger partial charge on any atom is -0.338 e. The molecule has 2 aromatic heterocycles. The molecule has 5 rings (SSSR count). The molecule has 2 aliphatic rings. The first-order valence-corrected chi connectivity index (χ1v) is 10.4. The van der Waals surface area contributed by atoms with Crippen LogP contribution in [0.2, 0.25) is 0 Å². The molecule has 2 bridgehead atoms. The highest BCUT2D eigenvalue weighted by atomic mass is 16.2. The summed E-state index contributed by atoms with van der Waals surface area (Å²) in [7, 11) is 0. The molecular weight excluding hydrogens is 392 g/mol. The van der Waals surface area contributed by atoms with Crippen LogP contribution in [0.15, 0.2) is 71.8 Å². The number of hydrogen-bond donors (Lipinski definition) is 1. The highest BCUT2D eigenvalue weighted by molar-refractivity contribution is 6.04. The van der Waals surface area contributed by atoms with Gasteiger partial charge in [-0.1, -0.05) is 18.2 Å². The second-order valence-electron chi connectivity index (χ2n) is 8.15. The predicted octanol–water partition coefficient (Wildman–Crippen LogP) is 2.76. The summed E-state index contributed by atoms with van der Waals surface area (Å²) in [4.78, 5) is 44.3. The van der Waals surface area contributed by atoms with Crippen molar-refractivity contribution in [3.8, 4) is 0 Å². The number of carbonyl (C=O) groups excluding carboxylic acids is 2. The Kier molecular flexibility index (Phi) is 4.86. The fraction of sp³-hybridized carbons (Fsp3) is 0.250. The van der Waals surface area contributed by atoms with Crippen LogP contribution in [0.5, 0.6) is 0 Å². The lowest BCUT2D eigenvalue weighted by molar-refractivity contribution is 0.0594. The van der Waals surface area contributed by atoms with Crippen molar-refractivity contribution in [2.24, 2.45) is 5.92 Å². The van der Waals surface area contributed by atoms with Gasteiger partial charge in [0.05, 0.1) is 0 Å². The third-order valence-corrected chi connectivity index (χ3v) is 6.10. The van der Waals surface area contributed by atoms with Crippen molar-refractivity contribution in [2.75, 3.05) is 18.4 Å². The van der Waals surface area contributed by atoms with Crippen LogP contribution in [0.1, 0.15) is 38.7 Å². The molecule has 0 radical (unpaired) electrons. The van der Waals surface area contributed by atoms with Gasteiger partial charge in [-0.25, -0.2) is 0 Å². The number of amides is 2. The molecule has 3 aromatic rings. The average Bonchev–Trinajstić information content (AvgIpc) is 2.81. The number of hydrogen-bond acceptors (Lipinski definition) is 4. The summed E-state index contributed by atoms with van der Waals surface area (Å²) in [6.07, 6.45) is 4.04. The van der Waals surface area contributed by atoms with E-state index in [-0.39, 0.29) is 34.9 Å². The Morgan fingerprint density at radius 1 is 0.903 bits per heavy atom. The number of anilines is 1. The summed E-state index contributed by atoms with van der Waals surface area (Å²) in [6.45, 7) is 1.76. The van der Waals surface area contributed by atoms with Gasteiger partial charge in [0.2, 0.25) is 0 Å². The number of nitrogens with zero attached hydrogens (tertiary/aromatic N) is 3. The molecule has 156 valence electrons. The standard InChI is InChI=1S/C24H22N4O3/c29-22(17-8-10-25-11-9-17)26-20-6-7-21-19-12-16(14-28(21)24(20)31)13-27(15-19)23(30)18-4-2-1-3-5-18/h1-11,16,19H,12-15H2,(H,26,29)/t16-,19-/m1/s1. The fourth-order valence-electron chi connectivity index (χ4n) is 4.67. The normalized spacial score (nSPS) is 19.4. The largest absolute Gasteiger partial charge is 0.338 e. The first kappa shape index (κ1) is 19.2.